The molecule has 1 aromatic carbocycles. The average Bonchev–Trinajstić information content (AvgIpc) is 2.31. The van der Waals surface area contributed by atoms with Crippen molar-refractivity contribution in [3.05, 3.63) is 35.4 Å². The van der Waals surface area contributed by atoms with Crippen molar-refractivity contribution in [2.75, 3.05) is 13.1 Å². The molecule has 0 bridgehead atoms. The minimum Gasteiger partial charge on any atom is -0.316 e. The van der Waals surface area contributed by atoms with Crippen LogP contribution in [0.15, 0.2) is 24.3 Å². The highest BCUT2D eigenvalue weighted by Gasteiger charge is 2.36. The van der Waals surface area contributed by atoms with Crippen LogP contribution < -0.4 is 5.32 Å². The third-order valence-corrected chi connectivity index (χ3v) is 4.16. The van der Waals surface area contributed by atoms with Gasteiger partial charge in [0.15, 0.2) is 0 Å². The van der Waals surface area contributed by atoms with E-state index < -0.39 is 0 Å². The van der Waals surface area contributed by atoms with Crippen molar-refractivity contribution in [3.8, 4) is 0 Å². The Morgan fingerprint density at radius 1 is 1.07 bits per heavy atom. The molecule has 1 saturated heterocycles. The molecule has 15 heavy (non-hydrogen) atoms. The molecule has 80 valence electrons. The molecule has 1 heteroatoms. The summed E-state index contributed by atoms with van der Waals surface area (Å²) < 4.78 is 0. The number of benzene rings is 1. The second-order valence-electron chi connectivity index (χ2n) is 5.07. The number of hydrogen-bond acceptors (Lipinski definition) is 1. The Morgan fingerprint density at radius 3 is 2.80 bits per heavy atom. The van der Waals surface area contributed by atoms with Crippen LogP contribution in [-0.4, -0.2) is 13.1 Å². The lowest BCUT2D eigenvalue weighted by Crippen LogP contribution is -2.45. The van der Waals surface area contributed by atoms with E-state index in [1.165, 1.54) is 45.2 Å². The Bertz CT molecular complexity index is 350. The summed E-state index contributed by atoms with van der Waals surface area (Å²) in [5.41, 5.74) is 3.73. The van der Waals surface area contributed by atoms with Gasteiger partial charge in [-0.2, -0.15) is 0 Å². The fourth-order valence-corrected chi connectivity index (χ4v) is 3.42. The van der Waals surface area contributed by atoms with E-state index in [0.717, 1.165) is 0 Å². The Labute approximate surface area is 91.9 Å². The van der Waals surface area contributed by atoms with E-state index in [1.807, 2.05) is 0 Å². The summed E-state index contributed by atoms with van der Waals surface area (Å²) in [7, 11) is 0. The molecular formula is C14H19N. The Kier molecular flexibility index (Phi) is 2.28. The predicted octanol–water partition coefficient (Wildman–Crippen LogP) is 2.64. The Balaban J connectivity index is 2.04. The Hall–Kier alpha value is -0.820. The van der Waals surface area contributed by atoms with Gasteiger partial charge in [0, 0.05) is 12.0 Å². The average molecular weight is 201 g/mol. The molecule has 1 aliphatic carbocycles. The summed E-state index contributed by atoms with van der Waals surface area (Å²) in [5.74, 6) is 0. The van der Waals surface area contributed by atoms with Gasteiger partial charge in [-0.1, -0.05) is 24.3 Å². The number of hydrogen-bond donors (Lipinski definition) is 1. The summed E-state index contributed by atoms with van der Waals surface area (Å²) in [6.45, 7) is 2.41. The topological polar surface area (TPSA) is 12.0 Å². The predicted molar refractivity (Wildman–Crippen MR) is 63.2 cm³/mol. The number of rotatable bonds is 0. The Morgan fingerprint density at radius 2 is 1.93 bits per heavy atom. The van der Waals surface area contributed by atoms with Crippen LogP contribution in [0.25, 0.3) is 0 Å². The zero-order chi connectivity index (χ0) is 10.1. The molecule has 0 aromatic heterocycles. The monoisotopic (exact) mass is 201 g/mol. The van der Waals surface area contributed by atoms with Crippen molar-refractivity contribution < 1.29 is 0 Å². The van der Waals surface area contributed by atoms with Gasteiger partial charge in [0.05, 0.1) is 0 Å². The maximum atomic E-state index is 3.59. The van der Waals surface area contributed by atoms with E-state index in [4.69, 9.17) is 0 Å². The van der Waals surface area contributed by atoms with Crippen molar-refractivity contribution in [1.29, 1.82) is 0 Å². The summed E-state index contributed by atoms with van der Waals surface area (Å²) in [6, 6.07) is 9.08. The van der Waals surface area contributed by atoms with Gasteiger partial charge in [0.2, 0.25) is 0 Å². The standard InChI is InChI=1S/C14H19N/c1-2-7-13-12(5-1)6-3-8-14(13)9-4-10-15-11-14/h1-2,5,7,15H,3-4,6,8-11H2/t14-/m0/s1. The molecule has 0 saturated carbocycles. The highest BCUT2D eigenvalue weighted by Crippen LogP contribution is 2.41. The SMILES string of the molecule is c1ccc2c(c1)CCC[C@@]21CCCNC1. The lowest BCUT2D eigenvalue weighted by atomic mass is 9.66. The van der Waals surface area contributed by atoms with Gasteiger partial charge in [-0.05, 0) is 49.8 Å². The normalized spacial score (nSPS) is 30.1. The molecule has 1 heterocycles. The first-order chi connectivity index (χ1) is 7.41. The first-order valence-electron chi connectivity index (χ1n) is 6.20. The summed E-state index contributed by atoms with van der Waals surface area (Å²) >= 11 is 0. The molecule has 1 nitrogen and oxygen atoms in total. The molecule has 1 N–H and O–H groups in total. The molecule has 0 radical (unpaired) electrons. The molecule has 1 aromatic rings. The van der Waals surface area contributed by atoms with Crippen LogP contribution >= 0.6 is 0 Å². The minimum absolute atomic E-state index is 0.479. The smallest absolute Gasteiger partial charge is 0.00810 e. The van der Waals surface area contributed by atoms with Gasteiger partial charge >= 0.3 is 0 Å². The van der Waals surface area contributed by atoms with Crippen LogP contribution in [0.1, 0.15) is 36.8 Å². The van der Waals surface area contributed by atoms with Gasteiger partial charge < -0.3 is 5.32 Å². The third-order valence-electron chi connectivity index (χ3n) is 4.16. The van der Waals surface area contributed by atoms with Crippen molar-refractivity contribution in [2.45, 2.75) is 37.5 Å². The van der Waals surface area contributed by atoms with Crippen molar-refractivity contribution >= 4 is 0 Å². The fourth-order valence-electron chi connectivity index (χ4n) is 3.42. The van der Waals surface area contributed by atoms with Gasteiger partial charge in [0.1, 0.15) is 0 Å². The van der Waals surface area contributed by atoms with Gasteiger partial charge in [-0.15, -0.1) is 0 Å². The van der Waals surface area contributed by atoms with E-state index in [1.54, 1.807) is 11.1 Å². The fraction of sp³-hybridized carbons (Fsp3) is 0.571. The van der Waals surface area contributed by atoms with Crippen LogP contribution in [0, 0.1) is 0 Å². The highest BCUT2D eigenvalue weighted by molar-refractivity contribution is 5.37. The molecule has 1 fully saturated rings. The van der Waals surface area contributed by atoms with Crippen molar-refractivity contribution in [1.82, 2.24) is 5.32 Å². The molecule has 2 aliphatic rings. The quantitative estimate of drug-likeness (QED) is 0.680. The first kappa shape index (κ1) is 9.41. The van der Waals surface area contributed by atoms with Gasteiger partial charge in [-0.3, -0.25) is 0 Å². The number of nitrogens with one attached hydrogen (secondary N) is 1. The third kappa shape index (κ3) is 1.50. The summed E-state index contributed by atoms with van der Waals surface area (Å²) in [5, 5.41) is 3.59. The van der Waals surface area contributed by atoms with E-state index >= 15 is 0 Å². The van der Waals surface area contributed by atoms with E-state index in [0.29, 0.717) is 5.41 Å². The van der Waals surface area contributed by atoms with Crippen LogP contribution in [0.2, 0.25) is 0 Å². The lowest BCUT2D eigenvalue weighted by molar-refractivity contribution is 0.273. The van der Waals surface area contributed by atoms with E-state index in [2.05, 4.69) is 29.6 Å². The number of fused-ring (bicyclic) bond motifs is 2. The number of aryl methyl sites for hydroxylation is 1. The minimum atomic E-state index is 0.479. The summed E-state index contributed by atoms with van der Waals surface area (Å²) in [4.78, 5) is 0. The maximum absolute atomic E-state index is 3.59. The van der Waals surface area contributed by atoms with Crippen molar-refractivity contribution in [2.24, 2.45) is 0 Å². The largest absolute Gasteiger partial charge is 0.316 e. The summed E-state index contributed by atoms with van der Waals surface area (Å²) in [6.07, 6.45) is 6.78. The van der Waals surface area contributed by atoms with Crippen LogP contribution in [0.4, 0.5) is 0 Å². The zero-order valence-electron chi connectivity index (χ0n) is 9.26. The molecule has 1 spiro atoms. The van der Waals surface area contributed by atoms with E-state index in [9.17, 15) is 0 Å². The van der Waals surface area contributed by atoms with Crippen LogP contribution in [-0.2, 0) is 11.8 Å². The molecular weight excluding hydrogens is 182 g/mol. The lowest BCUT2D eigenvalue weighted by Gasteiger charge is -2.42. The molecule has 1 aliphatic heterocycles. The second-order valence-corrected chi connectivity index (χ2v) is 5.07. The highest BCUT2D eigenvalue weighted by atomic mass is 14.9. The molecule has 0 amide bonds. The second kappa shape index (κ2) is 3.64. The van der Waals surface area contributed by atoms with Crippen molar-refractivity contribution in [3.63, 3.8) is 0 Å². The van der Waals surface area contributed by atoms with Gasteiger partial charge in [-0.25, -0.2) is 0 Å². The zero-order valence-corrected chi connectivity index (χ0v) is 9.26. The van der Waals surface area contributed by atoms with Gasteiger partial charge in [0.25, 0.3) is 0 Å². The first-order valence-corrected chi connectivity index (χ1v) is 6.20. The maximum Gasteiger partial charge on any atom is 0.00810 e. The van der Waals surface area contributed by atoms with E-state index in [-0.39, 0.29) is 0 Å². The van der Waals surface area contributed by atoms with Crippen LogP contribution in [0.3, 0.4) is 0 Å². The number of piperidine rings is 1. The molecule has 1 atom stereocenters. The van der Waals surface area contributed by atoms with Crippen LogP contribution in [0.5, 0.6) is 0 Å². The molecule has 3 rings (SSSR count). The molecule has 0 unspecified atom stereocenters.